The lowest BCUT2D eigenvalue weighted by molar-refractivity contribution is -0.137. The maximum absolute atomic E-state index is 12.4. The molecule has 1 aliphatic rings. The van der Waals surface area contributed by atoms with E-state index < -0.39 is 11.7 Å². The molecule has 2 aromatic rings. The lowest BCUT2D eigenvalue weighted by Crippen LogP contribution is -2.16. The molecule has 20 heavy (non-hydrogen) atoms. The molecule has 0 amide bonds. The Morgan fingerprint density at radius 3 is 2.70 bits per heavy atom. The molecular formula is C12H11F3N4O. The molecule has 0 unspecified atom stereocenters. The largest absolute Gasteiger partial charge is 0.417 e. The first-order chi connectivity index (χ1) is 9.52. The van der Waals surface area contributed by atoms with E-state index in [9.17, 15) is 13.2 Å². The van der Waals surface area contributed by atoms with Gasteiger partial charge in [0.25, 0.3) is 5.89 Å². The number of pyridine rings is 1. The molecule has 0 saturated heterocycles. The van der Waals surface area contributed by atoms with Crippen LogP contribution in [0.1, 0.15) is 24.2 Å². The van der Waals surface area contributed by atoms with Crippen molar-refractivity contribution in [2.75, 3.05) is 0 Å². The minimum atomic E-state index is -4.40. The molecule has 3 rings (SSSR count). The van der Waals surface area contributed by atoms with Gasteiger partial charge in [0.2, 0.25) is 0 Å². The normalized spacial score (nSPS) is 15.6. The summed E-state index contributed by atoms with van der Waals surface area (Å²) in [5, 5.41) is 6.97. The molecule has 106 valence electrons. The molecular weight excluding hydrogens is 273 g/mol. The fourth-order valence-electron chi connectivity index (χ4n) is 1.64. The Kier molecular flexibility index (Phi) is 3.17. The average Bonchev–Trinajstić information content (AvgIpc) is 3.13. The third-order valence-corrected chi connectivity index (χ3v) is 2.90. The van der Waals surface area contributed by atoms with E-state index in [2.05, 4.69) is 20.4 Å². The van der Waals surface area contributed by atoms with Crippen molar-refractivity contribution < 1.29 is 17.7 Å². The highest BCUT2D eigenvalue weighted by Gasteiger charge is 2.31. The summed E-state index contributed by atoms with van der Waals surface area (Å²) >= 11 is 0. The number of alkyl halides is 3. The van der Waals surface area contributed by atoms with Crippen LogP contribution in [0, 0.1) is 0 Å². The maximum Gasteiger partial charge on any atom is 0.417 e. The van der Waals surface area contributed by atoms with Crippen LogP contribution < -0.4 is 5.32 Å². The Labute approximate surface area is 112 Å². The van der Waals surface area contributed by atoms with Crippen molar-refractivity contribution in [3.05, 3.63) is 29.7 Å². The van der Waals surface area contributed by atoms with Crippen molar-refractivity contribution in [2.45, 2.75) is 31.6 Å². The summed E-state index contributed by atoms with van der Waals surface area (Å²) in [6, 6.07) is 2.67. The number of aromatic nitrogens is 3. The quantitative estimate of drug-likeness (QED) is 0.934. The highest BCUT2D eigenvalue weighted by atomic mass is 19.4. The fraction of sp³-hybridized carbons (Fsp3) is 0.417. The number of hydrogen-bond acceptors (Lipinski definition) is 5. The molecule has 1 N–H and O–H groups in total. The molecule has 0 aromatic carbocycles. The second-order valence-corrected chi connectivity index (χ2v) is 4.60. The summed E-state index contributed by atoms with van der Waals surface area (Å²) in [4.78, 5) is 7.79. The van der Waals surface area contributed by atoms with Crippen molar-refractivity contribution in [1.82, 2.24) is 20.4 Å². The van der Waals surface area contributed by atoms with Crippen LogP contribution in [0.5, 0.6) is 0 Å². The molecule has 0 spiro atoms. The van der Waals surface area contributed by atoms with Crippen LogP contribution in [-0.4, -0.2) is 21.2 Å². The highest BCUT2D eigenvalue weighted by Crippen LogP contribution is 2.29. The van der Waals surface area contributed by atoms with Crippen LogP contribution in [0.15, 0.2) is 22.9 Å². The van der Waals surface area contributed by atoms with Crippen LogP contribution >= 0.6 is 0 Å². The zero-order chi connectivity index (χ0) is 14.2. The third kappa shape index (κ3) is 2.96. The lowest BCUT2D eigenvalue weighted by atomic mass is 10.2. The maximum atomic E-state index is 12.4. The number of nitrogens with one attached hydrogen (secondary N) is 1. The van der Waals surface area contributed by atoms with Gasteiger partial charge in [-0.3, -0.25) is 4.98 Å². The molecule has 1 saturated carbocycles. The summed E-state index contributed by atoms with van der Waals surface area (Å²) in [5.41, 5.74) is -0.584. The summed E-state index contributed by atoms with van der Waals surface area (Å²) in [7, 11) is 0. The van der Waals surface area contributed by atoms with Crippen molar-refractivity contribution in [3.8, 4) is 11.6 Å². The monoisotopic (exact) mass is 284 g/mol. The Morgan fingerprint density at radius 2 is 2.10 bits per heavy atom. The number of rotatable bonds is 4. The highest BCUT2D eigenvalue weighted by molar-refractivity contribution is 5.46. The van der Waals surface area contributed by atoms with Gasteiger partial charge in [-0.25, -0.2) is 0 Å². The summed E-state index contributed by atoms with van der Waals surface area (Å²) in [6.07, 6.45) is -1.36. The summed E-state index contributed by atoms with van der Waals surface area (Å²) in [5.74, 6) is 0.583. The molecule has 1 fully saturated rings. The molecule has 8 heteroatoms. The van der Waals surface area contributed by atoms with Crippen LogP contribution in [-0.2, 0) is 12.7 Å². The van der Waals surface area contributed by atoms with E-state index in [4.69, 9.17) is 4.52 Å². The van der Waals surface area contributed by atoms with Gasteiger partial charge in [0.1, 0.15) is 5.69 Å². The van der Waals surface area contributed by atoms with Crippen LogP contribution in [0.3, 0.4) is 0 Å². The molecule has 0 bridgehead atoms. The first kappa shape index (κ1) is 13.0. The zero-order valence-electron chi connectivity index (χ0n) is 10.3. The molecule has 1 aliphatic carbocycles. The lowest BCUT2D eigenvalue weighted by Gasteiger charge is -2.05. The van der Waals surface area contributed by atoms with Gasteiger partial charge in [-0.15, -0.1) is 0 Å². The minimum absolute atomic E-state index is 0.117. The number of halogens is 3. The zero-order valence-corrected chi connectivity index (χ0v) is 10.3. The van der Waals surface area contributed by atoms with Crippen molar-refractivity contribution in [1.29, 1.82) is 0 Å². The van der Waals surface area contributed by atoms with Gasteiger partial charge in [-0.1, -0.05) is 5.16 Å². The van der Waals surface area contributed by atoms with E-state index in [1.165, 1.54) is 6.07 Å². The third-order valence-electron chi connectivity index (χ3n) is 2.90. The van der Waals surface area contributed by atoms with E-state index >= 15 is 0 Å². The van der Waals surface area contributed by atoms with Gasteiger partial charge in [0.05, 0.1) is 12.1 Å². The first-order valence-corrected chi connectivity index (χ1v) is 6.12. The SMILES string of the molecule is FC(F)(F)c1ccc(-c2nc(CNC3CC3)no2)nc1. The molecule has 0 radical (unpaired) electrons. The predicted molar refractivity (Wildman–Crippen MR) is 62.4 cm³/mol. The molecule has 0 atom stereocenters. The van der Waals surface area contributed by atoms with E-state index in [1.807, 2.05) is 0 Å². The van der Waals surface area contributed by atoms with Crippen LogP contribution in [0.4, 0.5) is 13.2 Å². The molecule has 0 aliphatic heterocycles. The van der Waals surface area contributed by atoms with Gasteiger partial charge in [0, 0.05) is 12.2 Å². The fourth-order valence-corrected chi connectivity index (χ4v) is 1.64. The van der Waals surface area contributed by atoms with Gasteiger partial charge in [-0.2, -0.15) is 18.2 Å². The molecule has 2 aromatic heterocycles. The van der Waals surface area contributed by atoms with Crippen LogP contribution in [0.25, 0.3) is 11.6 Å². The van der Waals surface area contributed by atoms with Crippen molar-refractivity contribution >= 4 is 0 Å². The minimum Gasteiger partial charge on any atom is -0.332 e. The van der Waals surface area contributed by atoms with Crippen molar-refractivity contribution in [2.24, 2.45) is 0 Å². The Balaban J connectivity index is 1.71. The summed E-state index contributed by atoms with van der Waals surface area (Å²) < 4.78 is 42.2. The second-order valence-electron chi connectivity index (χ2n) is 4.60. The van der Waals surface area contributed by atoms with E-state index in [-0.39, 0.29) is 11.6 Å². The number of hydrogen-bond donors (Lipinski definition) is 1. The van der Waals surface area contributed by atoms with Crippen LogP contribution in [0.2, 0.25) is 0 Å². The summed E-state index contributed by atoms with van der Waals surface area (Å²) in [6.45, 7) is 0.481. The standard InChI is InChI=1S/C12H11F3N4O/c13-12(14,15)7-1-4-9(17-5-7)11-18-10(19-20-11)6-16-8-2-3-8/h1,4-5,8,16H,2-3,6H2. The van der Waals surface area contributed by atoms with E-state index in [0.29, 0.717) is 18.4 Å². The van der Waals surface area contributed by atoms with Gasteiger partial charge in [0.15, 0.2) is 5.82 Å². The Morgan fingerprint density at radius 1 is 1.30 bits per heavy atom. The Hall–Kier alpha value is -1.96. The second kappa shape index (κ2) is 4.86. The predicted octanol–water partition coefficient (Wildman–Crippen LogP) is 2.40. The van der Waals surface area contributed by atoms with Crippen molar-refractivity contribution in [3.63, 3.8) is 0 Å². The van der Waals surface area contributed by atoms with Gasteiger partial charge >= 0.3 is 6.18 Å². The smallest absolute Gasteiger partial charge is 0.332 e. The van der Waals surface area contributed by atoms with Gasteiger partial charge < -0.3 is 9.84 Å². The Bertz CT molecular complexity index is 589. The van der Waals surface area contributed by atoms with E-state index in [1.54, 1.807) is 0 Å². The first-order valence-electron chi connectivity index (χ1n) is 6.12. The topological polar surface area (TPSA) is 63.8 Å². The molecule has 2 heterocycles. The van der Waals surface area contributed by atoms with Gasteiger partial charge in [-0.05, 0) is 25.0 Å². The number of nitrogens with zero attached hydrogens (tertiary/aromatic N) is 3. The average molecular weight is 284 g/mol. The van der Waals surface area contributed by atoms with E-state index in [0.717, 1.165) is 25.1 Å². The molecule has 5 nitrogen and oxygen atoms in total.